The van der Waals surface area contributed by atoms with Gasteiger partial charge >= 0.3 is 0 Å². The summed E-state index contributed by atoms with van der Waals surface area (Å²) in [6.07, 6.45) is 0.659. The molecule has 5 heteroatoms. The maximum atomic E-state index is 13.3. The third-order valence-corrected chi connectivity index (χ3v) is 5.52. The van der Waals surface area contributed by atoms with Gasteiger partial charge in [0, 0.05) is 10.9 Å². The standard InChI is InChI=1S/C23H19BrN2O2/c1-28-18-13-11-17(12-14-18)22-15-21(16-7-3-2-4-8-16)25-26(22)23(27)19-9-5-6-10-20(19)24/h2-14,22H,15H2,1H3. The second-order valence-electron chi connectivity index (χ2n) is 6.54. The molecule has 0 bridgehead atoms. The molecule has 28 heavy (non-hydrogen) atoms. The molecule has 3 aromatic carbocycles. The van der Waals surface area contributed by atoms with E-state index in [0.29, 0.717) is 12.0 Å². The van der Waals surface area contributed by atoms with Crippen molar-refractivity contribution in [1.29, 1.82) is 0 Å². The Bertz CT molecular complexity index is 1020. The van der Waals surface area contributed by atoms with Crippen LogP contribution in [-0.4, -0.2) is 23.7 Å². The van der Waals surface area contributed by atoms with Gasteiger partial charge < -0.3 is 4.74 Å². The smallest absolute Gasteiger partial charge is 0.275 e. The molecule has 140 valence electrons. The maximum Gasteiger partial charge on any atom is 0.275 e. The van der Waals surface area contributed by atoms with Gasteiger partial charge in [-0.05, 0) is 51.3 Å². The second kappa shape index (κ2) is 7.98. The third kappa shape index (κ3) is 3.58. The van der Waals surface area contributed by atoms with Crippen LogP contribution in [0, 0.1) is 0 Å². The Hall–Kier alpha value is -2.92. The number of methoxy groups -OCH3 is 1. The van der Waals surface area contributed by atoms with E-state index >= 15 is 0 Å². The molecule has 0 fully saturated rings. The average molecular weight is 435 g/mol. The van der Waals surface area contributed by atoms with Crippen molar-refractivity contribution in [3.63, 3.8) is 0 Å². The lowest BCUT2D eigenvalue weighted by molar-refractivity contribution is 0.0710. The summed E-state index contributed by atoms with van der Waals surface area (Å²) in [6, 6.07) is 25.1. The number of carbonyl (C=O) groups is 1. The van der Waals surface area contributed by atoms with E-state index in [2.05, 4.69) is 15.9 Å². The molecule has 0 saturated heterocycles. The number of hydrogen-bond acceptors (Lipinski definition) is 3. The maximum absolute atomic E-state index is 13.3. The van der Waals surface area contributed by atoms with E-state index < -0.39 is 0 Å². The predicted octanol–water partition coefficient (Wildman–Crippen LogP) is 5.45. The first kappa shape index (κ1) is 18.4. The molecule has 1 amide bonds. The lowest BCUT2D eigenvalue weighted by Crippen LogP contribution is -2.27. The number of carbonyl (C=O) groups excluding carboxylic acids is 1. The van der Waals surface area contributed by atoms with Gasteiger partial charge in [-0.15, -0.1) is 0 Å². The largest absolute Gasteiger partial charge is 0.497 e. The number of hydrazone groups is 1. The van der Waals surface area contributed by atoms with Crippen LogP contribution in [0.2, 0.25) is 0 Å². The SMILES string of the molecule is COc1ccc(C2CC(c3ccccc3)=NN2C(=O)c2ccccc2Br)cc1. The minimum atomic E-state index is -0.166. The van der Waals surface area contributed by atoms with Gasteiger partial charge in [0.1, 0.15) is 5.75 Å². The van der Waals surface area contributed by atoms with Crippen LogP contribution in [0.3, 0.4) is 0 Å². The van der Waals surface area contributed by atoms with E-state index in [1.807, 2.05) is 78.9 Å². The van der Waals surface area contributed by atoms with Gasteiger partial charge in [0.25, 0.3) is 5.91 Å². The molecule has 0 aliphatic carbocycles. The summed E-state index contributed by atoms with van der Waals surface area (Å²) < 4.78 is 6.03. The van der Waals surface area contributed by atoms with Crippen molar-refractivity contribution in [2.75, 3.05) is 7.11 Å². The molecule has 0 aromatic heterocycles. The van der Waals surface area contributed by atoms with Crippen LogP contribution in [-0.2, 0) is 0 Å². The zero-order valence-corrected chi connectivity index (χ0v) is 17.0. The Morgan fingerprint density at radius 2 is 1.68 bits per heavy atom. The fourth-order valence-corrected chi connectivity index (χ4v) is 3.80. The summed E-state index contributed by atoms with van der Waals surface area (Å²) >= 11 is 3.49. The molecule has 1 aliphatic rings. The number of hydrogen-bond donors (Lipinski definition) is 0. The highest BCUT2D eigenvalue weighted by Gasteiger charge is 2.34. The molecule has 0 radical (unpaired) electrons. The van der Waals surface area contributed by atoms with Crippen LogP contribution in [0.5, 0.6) is 5.75 Å². The molecule has 4 nitrogen and oxygen atoms in total. The first-order valence-electron chi connectivity index (χ1n) is 9.02. The first-order chi connectivity index (χ1) is 13.7. The Morgan fingerprint density at radius 3 is 2.36 bits per heavy atom. The Labute approximate surface area is 172 Å². The van der Waals surface area contributed by atoms with Gasteiger partial charge in [0.15, 0.2) is 0 Å². The van der Waals surface area contributed by atoms with Crippen molar-refractivity contribution in [2.24, 2.45) is 5.10 Å². The minimum absolute atomic E-state index is 0.126. The van der Waals surface area contributed by atoms with Crippen molar-refractivity contribution in [3.8, 4) is 5.75 Å². The quantitative estimate of drug-likeness (QED) is 0.547. The average Bonchev–Trinajstić information content (AvgIpc) is 3.20. The Balaban J connectivity index is 1.73. The van der Waals surface area contributed by atoms with E-state index in [-0.39, 0.29) is 11.9 Å². The van der Waals surface area contributed by atoms with Crippen molar-refractivity contribution in [3.05, 3.63) is 100 Å². The second-order valence-corrected chi connectivity index (χ2v) is 7.39. The van der Waals surface area contributed by atoms with E-state index in [9.17, 15) is 4.79 Å². The van der Waals surface area contributed by atoms with Crippen LogP contribution < -0.4 is 4.74 Å². The monoisotopic (exact) mass is 434 g/mol. The van der Waals surface area contributed by atoms with Gasteiger partial charge in [-0.2, -0.15) is 5.10 Å². The Kier molecular flexibility index (Phi) is 5.26. The van der Waals surface area contributed by atoms with E-state index in [0.717, 1.165) is 27.1 Å². The molecule has 1 heterocycles. The summed E-state index contributed by atoms with van der Waals surface area (Å²) in [7, 11) is 1.64. The molecule has 1 unspecified atom stereocenters. The Morgan fingerprint density at radius 1 is 1.00 bits per heavy atom. The molecule has 1 aliphatic heterocycles. The van der Waals surface area contributed by atoms with Gasteiger partial charge in [0.05, 0.1) is 24.4 Å². The molecule has 3 aromatic rings. The zero-order valence-electron chi connectivity index (χ0n) is 15.4. The fourth-order valence-electron chi connectivity index (χ4n) is 3.35. The van der Waals surface area contributed by atoms with E-state index in [4.69, 9.17) is 9.84 Å². The highest BCUT2D eigenvalue weighted by Crippen LogP contribution is 2.35. The normalized spacial score (nSPS) is 16.0. The van der Waals surface area contributed by atoms with Crippen LogP contribution in [0.4, 0.5) is 0 Å². The van der Waals surface area contributed by atoms with Crippen molar-refractivity contribution in [1.82, 2.24) is 5.01 Å². The fraction of sp³-hybridized carbons (Fsp3) is 0.130. The lowest BCUT2D eigenvalue weighted by Gasteiger charge is -2.22. The van der Waals surface area contributed by atoms with Crippen LogP contribution in [0.1, 0.15) is 33.9 Å². The van der Waals surface area contributed by atoms with Crippen LogP contribution in [0.15, 0.2) is 88.4 Å². The van der Waals surface area contributed by atoms with Crippen molar-refractivity contribution in [2.45, 2.75) is 12.5 Å². The molecular formula is C23H19BrN2O2. The van der Waals surface area contributed by atoms with Gasteiger partial charge in [0.2, 0.25) is 0 Å². The summed E-state index contributed by atoms with van der Waals surface area (Å²) in [6.45, 7) is 0. The van der Waals surface area contributed by atoms with E-state index in [1.54, 1.807) is 12.1 Å². The zero-order chi connectivity index (χ0) is 19.5. The van der Waals surface area contributed by atoms with Gasteiger partial charge in [-0.3, -0.25) is 4.79 Å². The number of benzene rings is 3. The number of halogens is 1. The highest BCUT2D eigenvalue weighted by molar-refractivity contribution is 9.10. The first-order valence-corrected chi connectivity index (χ1v) is 9.81. The van der Waals surface area contributed by atoms with Crippen molar-refractivity contribution >= 4 is 27.5 Å². The predicted molar refractivity (Wildman–Crippen MR) is 114 cm³/mol. The molecule has 0 spiro atoms. The molecular weight excluding hydrogens is 416 g/mol. The van der Waals surface area contributed by atoms with Gasteiger partial charge in [-0.25, -0.2) is 5.01 Å². The summed E-state index contributed by atoms with van der Waals surface area (Å²) in [5.41, 5.74) is 3.56. The summed E-state index contributed by atoms with van der Waals surface area (Å²) in [5.74, 6) is 0.661. The lowest BCUT2D eigenvalue weighted by atomic mass is 9.98. The number of amides is 1. The summed E-state index contributed by atoms with van der Waals surface area (Å²) in [4.78, 5) is 13.3. The highest BCUT2D eigenvalue weighted by atomic mass is 79.9. The minimum Gasteiger partial charge on any atom is -0.497 e. The van der Waals surface area contributed by atoms with Crippen molar-refractivity contribution < 1.29 is 9.53 Å². The number of ether oxygens (including phenoxy) is 1. The third-order valence-electron chi connectivity index (χ3n) is 4.83. The molecule has 0 saturated carbocycles. The van der Waals surface area contributed by atoms with Crippen LogP contribution >= 0.6 is 15.9 Å². The number of nitrogens with zero attached hydrogens (tertiary/aromatic N) is 2. The molecule has 4 rings (SSSR count). The van der Waals surface area contributed by atoms with Crippen LogP contribution in [0.25, 0.3) is 0 Å². The molecule has 1 atom stereocenters. The molecule has 0 N–H and O–H groups in total. The van der Waals surface area contributed by atoms with E-state index in [1.165, 1.54) is 0 Å². The summed E-state index contributed by atoms with van der Waals surface area (Å²) in [5, 5.41) is 6.33. The number of rotatable bonds is 4. The van der Waals surface area contributed by atoms with Gasteiger partial charge in [-0.1, -0.05) is 54.6 Å². The topological polar surface area (TPSA) is 41.9 Å².